The van der Waals surface area contributed by atoms with E-state index in [-0.39, 0.29) is 17.7 Å². The number of benzene rings is 1. The fourth-order valence-electron chi connectivity index (χ4n) is 3.79. The van der Waals surface area contributed by atoms with Crippen LogP contribution in [0.4, 0.5) is 4.39 Å². The fraction of sp³-hybridized carbons (Fsp3) is 0.562. The van der Waals surface area contributed by atoms with Crippen LogP contribution in [0, 0.1) is 11.7 Å². The molecule has 2 bridgehead atoms. The molecule has 19 heavy (non-hydrogen) atoms. The number of hydrogen-bond donors (Lipinski definition) is 1. The van der Waals surface area contributed by atoms with Crippen LogP contribution in [0.1, 0.15) is 44.1 Å². The van der Waals surface area contributed by atoms with E-state index >= 15 is 0 Å². The summed E-state index contributed by atoms with van der Waals surface area (Å²) in [5.74, 6) is 0.451. The van der Waals surface area contributed by atoms with Crippen molar-refractivity contribution in [3.8, 4) is 0 Å². The summed E-state index contributed by atoms with van der Waals surface area (Å²) in [6.45, 7) is 1.94. The third-order valence-corrected chi connectivity index (χ3v) is 4.70. The maximum Gasteiger partial charge on any atom is 0.137 e. The standard InChI is InChI=1S/C16H20FNO/c1-2-15(19)16-13(9-12-7-8-14(16)18-12)10-3-5-11(17)6-4-10/h3-6,12-14,16,18H,2,7-9H2,1H3/t12?,13-,14+,16-/m0/s1. The van der Waals surface area contributed by atoms with Crippen LogP contribution in [-0.4, -0.2) is 17.9 Å². The van der Waals surface area contributed by atoms with E-state index < -0.39 is 0 Å². The Balaban J connectivity index is 1.92. The minimum atomic E-state index is -0.209. The number of ketones is 1. The Morgan fingerprint density at radius 2 is 2.05 bits per heavy atom. The zero-order chi connectivity index (χ0) is 13.4. The molecule has 0 saturated carbocycles. The first-order valence-electron chi connectivity index (χ1n) is 7.23. The van der Waals surface area contributed by atoms with Gasteiger partial charge in [-0.15, -0.1) is 0 Å². The van der Waals surface area contributed by atoms with E-state index in [1.165, 1.54) is 12.1 Å². The zero-order valence-electron chi connectivity index (χ0n) is 11.2. The highest BCUT2D eigenvalue weighted by Gasteiger charge is 2.44. The molecule has 1 N–H and O–H groups in total. The molecule has 2 aliphatic heterocycles. The predicted molar refractivity (Wildman–Crippen MR) is 72.5 cm³/mol. The molecule has 0 amide bonds. The fourth-order valence-corrected chi connectivity index (χ4v) is 3.79. The molecule has 3 heteroatoms. The smallest absolute Gasteiger partial charge is 0.137 e. The Hall–Kier alpha value is -1.22. The third kappa shape index (κ3) is 2.32. The zero-order valence-corrected chi connectivity index (χ0v) is 11.2. The Kier molecular flexibility index (Phi) is 3.40. The van der Waals surface area contributed by atoms with E-state index in [0.717, 1.165) is 24.8 Å². The Morgan fingerprint density at radius 3 is 2.74 bits per heavy atom. The quantitative estimate of drug-likeness (QED) is 0.906. The first kappa shape index (κ1) is 12.8. The van der Waals surface area contributed by atoms with E-state index in [1.807, 2.05) is 19.1 Å². The van der Waals surface area contributed by atoms with Crippen molar-refractivity contribution < 1.29 is 9.18 Å². The number of fused-ring (bicyclic) bond motifs is 2. The van der Waals surface area contributed by atoms with Gasteiger partial charge < -0.3 is 5.32 Å². The lowest BCUT2D eigenvalue weighted by molar-refractivity contribution is -0.124. The largest absolute Gasteiger partial charge is 0.310 e. The van der Waals surface area contributed by atoms with Gasteiger partial charge >= 0.3 is 0 Å². The number of hydrogen-bond acceptors (Lipinski definition) is 2. The van der Waals surface area contributed by atoms with Gasteiger partial charge in [0.15, 0.2) is 0 Å². The predicted octanol–water partition coefficient (Wildman–Crippen LogP) is 3.03. The molecule has 1 aromatic rings. The third-order valence-electron chi connectivity index (χ3n) is 4.70. The van der Waals surface area contributed by atoms with Crippen molar-refractivity contribution in [2.45, 2.75) is 50.6 Å². The normalized spacial score (nSPS) is 33.4. The molecule has 1 aromatic carbocycles. The lowest BCUT2D eigenvalue weighted by Crippen LogP contribution is -2.47. The maximum atomic E-state index is 13.1. The molecule has 4 atom stereocenters. The number of nitrogens with one attached hydrogen (secondary N) is 1. The summed E-state index contributed by atoms with van der Waals surface area (Å²) in [4.78, 5) is 12.3. The number of carbonyl (C=O) groups excluding carboxylic acids is 1. The van der Waals surface area contributed by atoms with Crippen molar-refractivity contribution in [2.75, 3.05) is 0 Å². The average molecular weight is 261 g/mol. The Bertz CT molecular complexity index is 470. The van der Waals surface area contributed by atoms with Crippen molar-refractivity contribution in [3.05, 3.63) is 35.6 Å². The highest BCUT2D eigenvalue weighted by Crippen LogP contribution is 2.42. The van der Waals surface area contributed by atoms with Crippen molar-refractivity contribution in [2.24, 2.45) is 5.92 Å². The molecule has 0 spiro atoms. The molecule has 2 heterocycles. The van der Waals surface area contributed by atoms with Gasteiger partial charge in [-0.05, 0) is 42.9 Å². The second kappa shape index (κ2) is 5.04. The van der Waals surface area contributed by atoms with Crippen molar-refractivity contribution in [1.82, 2.24) is 5.32 Å². The molecule has 2 fully saturated rings. The second-order valence-electron chi connectivity index (χ2n) is 5.79. The molecule has 2 aliphatic rings. The van der Waals surface area contributed by atoms with E-state index in [9.17, 15) is 9.18 Å². The SMILES string of the molecule is CCC(=O)[C@@H]1[C@H]2CCC(C[C@H]1c1ccc(F)cc1)N2. The topological polar surface area (TPSA) is 29.1 Å². The van der Waals surface area contributed by atoms with Gasteiger partial charge in [-0.2, -0.15) is 0 Å². The van der Waals surface area contributed by atoms with Crippen LogP contribution < -0.4 is 5.32 Å². The maximum absolute atomic E-state index is 13.1. The highest BCUT2D eigenvalue weighted by atomic mass is 19.1. The highest BCUT2D eigenvalue weighted by molar-refractivity contribution is 5.82. The molecule has 3 rings (SSSR count). The van der Waals surface area contributed by atoms with Gasteiger partial charge in [0, 0.05) is 24.4 Å². The lowest BCUT2D eigenvalue weighted by Gasteiger charge is -2.37. The van der Waals surface area contributed by atoms with E-state index in [4.69, 9.17) is 0 Å². The number of rotatable bonds is 3. The lowest BCUT2D eigenvalue weighted by atomic mass is 9.74. The summed E-state index contributed by atoms with van der Waals surface area (Å²) in [5.41, 5.74) is 1.12. The summed E-state index contributed by atoms with van der Waals surface area (Å²) in [7, 11) is 0. The van der Waals surface area contributed by atoms with Gasteiger partial charge in [0.05, 0.1) is 0 Å². The molecule has 0 aromatic heterocycles. The summed E-state index contributed by atoms with van der Waals surface area (Å²) in [6, 6.07) is 7.56. The van der Waals surface area contributed by atoms with Crippen molar-refractivity contribution in [3.63, 3.8) is 0 Å². The average Bonchev–Trinajstić information content (AvgIpc) is 2.80. The van der Waals surface area contributed by atoms with Crippen molar-refractivity contribution >= 4 is 5.78 Å². The van der Waals surface area contributed by atoms with Crippen LogP contribution in [0.15, 0.2) is 24.3 Å². The summed E-state index contributed by atoms with van der Waals surface area (Å²) >= 11 is 0. The minimum absolute atomic E-state index is 0.0641. The van der Waals surface area contributed by atoms with Crippen LogP contribution in [0.5, 0.6) is 0 Å². The molecule has 0 aliphatic carbocycles. The van der Waals surface area contributed by atoms with Crippen LogP contribution in [0.2, 0.25) is 0 Å². The first-order valence-corrected chi connectivity index (χ1v) is 7.23. The van der Waals surface area contributed by atoms with E-state index in [0.29, 0.717) is 24.3 Å². The molecule has 0 radical (unpaired) electrons. The number of piperidine rings is 1. The molecule has 2 nitrogen and oxygen atoms in total. The van der Waals surface area contributed by atoms with Crippen LogP contribution in [0.25, 0.3) is 0 Å². The first-order chi connectivity index (χ1) is 9.19. The van der Waals surface area contributed by atoms with E-state index in [1.54, 1.807) is 0 Å². The minimum Gasteiger partial charge on any atom is -0.310 e. The Morgan fingerprint density at radius 1 is 1.32 bits per heavy atom. The second-order valence-corrected chi connectivity index (χ2v) is 5.79. The van der Waals surface area contributed by atoms with Crippen molar-refractivity contribution in [1.29, 1.82) is 0 Å². The van der Waals surface area contributed by atoms with Gasteiger partial charge in [-0.25, -0.2) is 4.39 Å². The number of Topliss-reactive ketones (excluding diaryl/α,β-unsaturated/α-hetero) is 1. The molecule has 1 unspecified atom stereocenters. The van der Waals surface area contributed by atoms with Gasteiger partial charge in [0.2, 0.25) is 0 Å². The summed E-state index contributed by atoms with van der Waals surface area (Å²) in [5, 5.41) is 3.57. The molecule has 102 valence electrons. The summed E-state index contributed by atoms with van der Waals surface area (Å²) in [6.07, 6.45) is 3.85. The van der Waals surface area contributed by atoms with Crippen LogP contribution >= 0.6 is 0 Å². The van der Waals surface area contributed by atoms with Crippen LogP contribution in [0.3, 0.4) is 0 Å². The van der Waals surface area contributed by atoms with Gasteiger partial charge in [-0.1, -0.05) is 19.1 Å². The van der Waals surface area contributed by atoms with E-state index in [2.05, 4.69) is 5.32 Å². The molecule has 2 saturated heterocycles. The van der Waals surface area contributed by atoms with Crippen LogP contribution in [-0.2, 0) is 4.79 Å². The summed E-state index contributed by atoms with van der Waals surface area (Å²) < 4.78 is 13.1. The monoisotopic (exact) mass is 261 g/mol. The van der Waals surface area contributed by atoms with Gasteiger partial charge in [0.25, 0.3) is 0 Å². The molecular formula is C16H20FNO. The van der Waals surface area contributed by atoms with Gasteiger partial charge in [0.1, 0.15) is 11.6 Å². The molecular weight excluding hydrogens is 241 g/mol. The number of halogens is 1. The number of carbonyl (C=O) groups is 1. The van der Waals surface area contributed by atoms with Gasteiger partial charge in [-0.3, -0.25) is 4.79 Å². The Labute approximate surface area is 113 Å².